The van der Waals surface area contributed by atoms with Gasteiger partial charge >= 0.3 is 0 Å². The molecule has 2 saturated heterocycles. The van der Waals surface area contributed by atoms with Crippen molar-refractivity contribution in [3.8, 4) is 0 Å². The lowest BCUT2D eigenvalue weighted by atomic mass is 10.1. The van der Waals surface area contributed by atoms with Gasteiger partial charge in [0, 0.05) is 24.3 Å². The number of nitrogens with zero attached hydrogens (tertiary/aromatic N) is 2. The van der Waals surface area contributed by atoms with Crippen LogP contribution in [-0.4, -0.2) is 46.2 Å². The number of fused-ring (bicyclic) bond motifs is 1. The molecule has 0 aromatic carbocycles. The van der Waals surface area contributed by atoms with Crippen molar-refractivity contribution in [3.05, 3.63) is 17.5 Å². The molecular weight excluding hydrogens is 216 g/mol. The lowest BCUT2D eigenvalue weighted by Crippen LogP contribution is -2.42. The fourth-order valence-electron chi connectivity index (χ4n) is 3.08. The zero-order valence-electron chi connectivity index (χ0n) is 10.1. The molecule has 2 N–H and O–H groups in total. The lowest BCUT2D eigenvalue weighted by Gasteiger charge is -2.21. The van der Waals surface area contributed by atoms with E-state index in [9.17, 15) is 4.79 Å². The van der Waals surface area contributed by atoms with Crippen molar-refractivity contribution in [2.45, 2.75) is 38.3 Å². The molecule has 3 rings (SSSR count). The highest BCUT2D eigenvalue weighted by Gasteiger charge is 2.37. The molecule has 17 heavy (non-hydrogen) atoms. The SMILES string of the molecule is Cc1[nH]ncc1C(=O)NC1CCN2CCCC12. The second kappa shape index (κ2) is 4.14. The predicted molar refractivity (Wildman–Crippen MR) is 63.8 cm³/mol. The molecule has 2 unspecified atom stereocenters. The second-order valence-electron chi connectivity index (χ2n) is 5.02. The van der Waals surface area contributed by atoms with E-state index in [1.54, 1.807) is 6.20 Å². The summed E-state index contributed by atoms with van der Waals surface area (Å²) in [7, 11) is 0. The van der Waals surface area contributed by atoms with Crippen LogP contribution in [0.4, 0.5) is 0 Å². The van der Waals surface area contributed by atoms with Crippen LogP contribution in [0.2, 0.25) is 0 Å². The largest absolute Gasteiger partial charge is 0.348 e. The summed E-state index contributed by atoms with van der Waals surface area (Å²) in [5.41, 5.74) is 1.50. The summed E-state index contributed by atoms with van der Waals surface area (Å²) in [4.78, 5) is 14.6. The monoisotopic (exact) mass is 234 g/mol. The first-order chi connectivity index (χ1) is 8.25. The van der Waals surface area contributed by atoms with E-state index in [1.165, 1.54) is 19.4 Å². The molecule has 1 aromatic heterocycles. The minimum absolute atomic E-state index is 0.00926. The number of aryl methyl sites for hydroxylation is 1. The van der Waals surface area contributed by atoms with Crippen LogP contribution in [0.25, 0.3) is 0 Å². The molecule has 0 spiro atoms. The van der Waals surface area contributed by atoms with E-state index in [0.717, 1.165) is 18.7 Å². The van der Waals surface area contributed by atoms with Crippen molar-refractivity contribution < 1.29 is 4.79 Å². The number of rotatable bonds is 2. The van der Waals surface area contributed by atoms with Gasteiger partial charge in [-0.2, -0.15) is 5.10 Å². The van der Waals surface area contributed by atoms with E-state index in [0.29, 0.717) is 17.6 Å². The Hall–Kier alpha value is -1.36. The number of hydrogen-bond donors (Lipinski definition) is 2. The molecule has 0 bridgehead atoms. The van der Waals surface area contributed by atoms with Crippen LogP contribution >= 0.6 is 0 Å². The molecule has 2 aliphatic heterocycles. The number of aromatic amines is 1. The summed E-state index contributed by atoms with van der Waals surface area (Å²) in [6, 6.07) is 0.880. The van der Waals surface area contributed by atoms with Crippen molar-refractivity contribution in [1.82, 2.24) is 20.4 Å². The third-order valence-electron chi connectivity index (χ3n) is 4.00. The first-order valence-electron chi connectivity index (χ1n) is 6.30. The highest BCUT2D eigenvalue weighted by atomic mass is 16.1. The van der Waals surface area contributed by atoms with Gasteiger partial charge < -0.3 is 5.32 Å². The summed E-state index contributed by atoms with van der Waals surface area (Å²) < 4.78 is 0. The van der Waals surface area contributed by atoms with Gasteiger partial charge in [0.05, 0.1) is 11.8 Å². The molecule has 2 fully saturated rings. The van der Waals surface area contributed by atoms with Gasteiger partial charge in [-0.25, -0.2) is 0 Å². The number of nitrogens with one attached hydrogen (secondary N) is 2. The molecule has 2 atom stereocenters. The van der Waals surface area contributed by atoms with Crippen LogP contribution in [-0.2, 0) is 0 Å². The minimum Gasteiger partial charge on any atom is -0.348 e. The van der Waals surface area contributed by atoms with Crippen molar-refractivity contribution in [3.63, 3.8) is 0 Å². The van der Waals surface area contributed by atoms with Gasteiger partial charge in [0.15, 0.2) is 0 Å². The maximum Gasteiger partial charge on any atom is 0.255 e. The summed E-state index contributed by atoms with van der Waals surface area (Å²) in [6.45, 7) is 4.19. The zero-order chi connectivity index (χ0) is 11.8. The fourth-order valence-corrected chi connectivity index (χ4v) is 3.08. The summed E-state index contributed by atoms with van der Waals surface area (Å²) in [6.07, 6.45) is 5.16. The zero-order valence-corrected chi connectivity index (χ0v) is 10.1. The van der Waals surface area contributed by atoms with Crippen LogP contribution in [0, 0.1) is 6.92 Å². The van der Waals surface area contributed by atoms with Crippen molar-refractivity contribution in [2.75, 3.05) is 13.1 Å². The molecule has 1 aromatic rings. The highest BCUT2D eigenvalue weighted by Crippen LogP contribution is 2.28. The molecule has 0 radical (unpaired) electrons. The van der Waals surface area contributed by atoms with Crippen LogP contribution in [0.15, 0.2) is 6.20 Å². The average molecular weight is 234 g/mol. The van der Waals surface area contributed by atoms with E-state index >= 15 is 0 Å². The quantitative estimate of drug-likeness (QED) is 0.791. The standard InChI is InChI=1S/C12H18N4O/c1-8-9(7-13-15-8)12(17)14-10-4-6-16-5-2-3-11(10)16/h7,10-11H,2-6H2,1H3,(H,13,15)(H,14,17). The number of carbonyl (C=O) groups is 1. The minimum atomic E-state index is 0.00926. The maximum absolute atomic E-state index is 12.1. The molecule has 5 heteroatoms. The van der Waals surface area contributed by atoms with Crippen LogP contribution in [0.3, 0.4) is 0 Å². The summed E-state index contributed by atoms with van der Waals surface area (Å²) >= 11 is 0. The Morgan fingerprint density at radius 3 is 3.18 bits per heavy atom. The Bertz CT molecular complexity index is 428. The third kappa shape index (κ3) is 1.84. The van der Waals surface area contributed by atoms with E-state index in [4.69, 9.17) is 0 Å². The first kappa shape index (κ1) is 10.8. The van der Waals surface area contributed by atoms with Gasteiger partial charge in [-0.05, 0) is 32.7 Å². The van der Waals surface area contributed by atoms with Gasteiger partial charge in [-0.15, -0.1) is 0 Å². The van der Waals surface area contributed by atoms with Crippen LogP contribution in [0.1, 0.15) is 35.3 Å². The number of H-pyrrole nitrogens is 1. The van der Waals surface area contributed by atoms with Crippen LogP contribution < -0.4 is 5.32 Å². The Balaban J connectivity index is 1.68. The summed E-state index contributed by atoms with van der Waals surface area (Å²) in [5.74, 6) is 0.00926. The molecular formula is C12H18N4O. The van der Waals surface area contributed by atoms with Gasteiger partial charge in [0.1, 0.15) is 0 Å². The molecule has 0 saturated carbocycles. The van der Waals surface area contributed by atoms with E-state index < -0.39 is 0 Å². The Labute approximate surface area is 101 Å². The molecule has 92 valence electrons. The third-order valence-corrected chi connectivity index (χ3v) is 4.00. The van der Waals surface area contributed by atoms with Crippen LogP contribution in [0.5, 0.6) is 0 Å². The van der Waals surface area contributed by atoms with E-state index in [-0.39, 0.29) is 5.91 Å². The number of hydrogen-bond acceptors (Lipinski definition) is 3. The molecule has 0 aliphatic carbocycles. The van der Waals surface area contributed by atoms with Crippen molar-refractivity contribution in [2.24, 2.45) is 0 Å². The van der Waals surface area contributed by atoms with Gasteiger partial charge in [0.25, 0.3) is 5.91 Å². The van der Waals surface area contributed by atoms with Gasteiger partial charge in [0.2, 0.25) is 0 Å². The first-order valence-corrected chi connectivity index (χ1v) is 6.30. The van der Waals surface area contributed by atoms with Gasteiger partial charge in [-0.3, -0.25) is 14.8 Å². The lowest BCUT2D eigenvalue weighted by molar-refractivity contribution is 0.0929. The Morgan fingerprint density at radius 1 is 1.53 bits per heavy atom. The predicted octanol–water partition coefficient (Wildman–Crippen LogP) is 0.685. The summed E-state index contributed by atoms with van der Waals surface area (Å²) in [5, 5.41) is 9.84. The number of amides is 1. The van der Waals surface area contributed by atoms with E-state index in [1.807, 2.05) is 6.92 Å². The Kier molecular flexibility index (Phi) is 2.63. The average Bonchev–Trinajstić information content (AvgIpc) is 2.96. The number of aromatic nitrogens is 2. The number of carbonyl (C=O) groups excluding carboxylic acids is 1. The molecule has 5 nitrogen and oxygen atoms in total. The fraction of sp³-hybridized carbons (Fsp3) is 0.667. The van der Waals surface area contributed by atoms with Gasteiger partial charge in [-0.1, -0.05) is 0 Å². The normalized spacial score (nSPS) is 28.3. The molecule has 3 heterocycles. The molecule has 2 aliphatic rings. The van der Waals surface area contributed by atoms with Crippen molar-refractivity contribution in [1.29, 1.82) is 0 Å². The topological polar surface area (TPSA) is 61.0 Å². The second-order valence-corrected chi connectivity index (χ2v) is 5.02. The molecule has 1 amide bonds. The highest BCUT2D eigenvalue weighted by molar-refractivity contribution is 5.95. The van der Waals surface area contributed by atoms with E-state index in [2.05, 4.69) is 20.4 Å². The van der Waals surface area contributed by atoms with Crippen molar-refractivity contribution >= 4 is 5.91 Å². The smallest absolute Gasteiger partial charge is 0.255 e. The maximum atomic E-state index is 12.1. The Morgan fingerprint density at radius 2 is 2.41 bits per heavy atom.